The molecule has 0 unspecified atom stereocenters. The number of rotatable bonds is 1. The Labute approximate surface area is 90.5 Å². The number of nitrogens with two attached hydrogens (primary N) is 2. The molecule has 0 amide bonds. The van der Waals surface area contributed by atoms with Gasteiger partial charge in [-0.05, 0) is 47.2 Å². The summed E-state index contributed by atoms with van der Waals surface area (Å²) >= 11 is 2.03. The van der Waals surface area contributed by atoms with Crippen molar-refractivity contribution in [2.75, 3.05) is 5.73 Å². The predicted molar refractivity (Wildman–Crippen MR) is 59.7 cm³/mol. The molecule has 0 aliphatic carbocycles. The first-order valence-corrected chi connectivity index (χ1v) is 6.03. The topological polar surface area (TPSA) is 86.2 Å². The number of hydrogen-bond acceptors (Lipinski definition) is 3. The molecule has 0 aliphatic heterocycles. The van der Waals surface area contributed by atoms with Crippen LogP contribution in [0.2, 0.25) is 0 Å². The zero-order valence-corrected chi connectivity index (χ0v) is 9.89. The molecule has 1 aromatic carbocycles. The monoisotopic (exact) mass is 312 g/mol. The average molecular weight is 312 g/mol. The van der Waals surface area contributed by atoms with Crippen LogP contribution in [0.25, 0.3) is 0 Å². The summed E-state index contributed by atoms with van der Waals surface area (Å²) in [7, 11) is -3.70. The molecule has 4 nitrogen and oxygen atoms in total. The van der Waals surface area contributed by atoms with Crippen LogP contribution in [0.5, 0.6) is 0 Å². The van der Waals surface area contributed by atoms with Gasteiger partial charge < -0.3 is 5.73 Å². The van der Waals surface area contributed by atoms with Crippen LogP contribution in [0.1, 0.15) is 5.56 Å². The van der Waals surface area contributed by atoms with Crippen LogP contribution in [0.15, 0.2) is 17.0 Å². The summed E-state index contributed by atoms with van der Waals surface area (Å²) < 4.78 is 22.9. The highest BCUT2D eigenvalue weighted by molar-refractivity contribution is 14.1. The van der Waals surface area contributed by atoms with E-state index in [1.807, 2.05) is 29.5 Å². The minimum Gasteiger partial charge on any atom is -0.398 e. The largest absolute Gasteiger partial charge is 0.398 e. The summed E-state index contributed by atoms with van der Waals surface area (Å²) in [4.78, 5) is -0.0116. The van der Waals surface area contributed by atoms with E-state index in [2.05, 4.69) is 0 Å². The van der Waals surface area contributed by atoms with Crippen molar-refractivity contribution in [1.82, 2.24) is 0 Å². The van der Waals surface area contributed by atoms with Gasteiger partial charge >= 0.3 is 0 Å². The van der Waals surface area contributed by atoms with Gasteiger partial charge in [0.2, 0.25) is 10.0 Å². The first-order chi connectivity index (χ1) is 5.82. The summed E-state index contributed by atoms with van der Waals surface area (Å²) in [6.45, 7) is 1.85. The number of hydrogen-bond donors (Lipinski definition) is 2. The van der Waals surface area contributed by atoms with E-state index in [0.29, 0.717) is 0 Å². The van der Waals surface area contributed by atoms with Crippen molar-refractivity contribution in [2.45, 2.75) is 11.8 Å². The highest BCUT2D eigenvalue weighted by atomic mass is 127. The van der Waals surface area contributed by atoms with Gasteiger partial charge in [0.05, 0.1) is 5.69 Å². The Morgan fingerprint density at radius 2 is 1.92 bits per heavy atom. The van der Waals surface area contributed by atoms with E-state index in [1.165, 1.54) is 6.07 Å². The Bertz CT molecular complexity index is 442. The first kappa shape index (κ1) is 10.7. The molecular weight excluding hydrogens is 303 g/mol. The van der Waals surface area contributed by atoms with Crippen molar-refractivity contribution >= 4 is 38.3 Å². The Balaban J connectivity index is 3.50. The van der Waals surface area contributed by atoms with Gasteiger partial charge in [-0.1, -0.05) is 0 Å². The third-order valence-corrected chi connectivity index (χ3v) is 3.73. The second-order valence-corrected chi connectivity index (χ2v) is 5.38. The Morgan fingerprint density at radius 1 is 1.38 bits per heavy atom. The fourth-order valence-corrected chi connectivity index (χ4v) is 2.28. The van der Waals surface area contributed by atoms with E-state index in [4.69, 9.17) is 10.9 Å². The van der Waals surface area contributed by atoms with Gasteiger partial charge in [0.25, 0.3) is 0 Å². The average Bonchev–Trinajstić information content (AvgIpc) is 1.94. The SMILES string of the molecule is Cc1cc(N)c(S(N)(=O)=O)cc1I. The van der Waals surface area contributed by atoms with Crippen molar-refractivity contribution in [3.8, 4) is 0 Å². The van der Waals surface area contributed by atoms with Gasteiger partial charge in [-0.3, -0.25) is 0 Å². The third-order valence-electron chi connectivity index (χ3n) is 1.60. The Morgan fingerprint density at radius 3 is 2.38 bits per heavy atom. The van der Waals surface area contributed by atoms with E-state index in [1.54, 1.807) is 6.07 Å². The fourth-order valence-electron chi connectivity index (χ4n) is 0.932. The van der Waals surface area contributed by atoms with E-state index >= 15 is 0 Å². The van der Waals surface area contributed by atoms with Crippen molar-refractivity contribution in [3.05, 3.63) is 21.3 Å². The lowest BCUT2D eigenvalue weighted by molar-refractivity contribution is 0.598. The van der Waals surface area contributed by atoms with Gasteiger partial charge in [-0.15, -0.1) is 0 Å². The van der Waals surface area contributed by atoms with E-state index in [9.17, 15) is 8.42 Å². The van der Waals surface area contributed by atoms with E-state index in [-0.39, 0.29) is 10.6 Å². The molecule has 0 spiro atoms. The number of nitrogen functional groups attached to an aromatic ring is 1. The Hall–Kier alpha value is -0.340. The predicted octanol–water partition coefficient (Wildman–Crippen LogP) is 0.829. The fraction of sp³-hybridized carbons (Fsp3) is 0.143. The summed E-state index contributed by atoms with van der Waals surface area (Å²) in [5.41, 5.74) is 6.64. The summed E-state index contributed by atoms with van der Waals surface area (Å²) in [5, 5.41) is 4.97. The minimum absolute atomic E-state index is 0.0116. The van der Waals surface area contributed by atoms with Crippen LogP contribution < -0.4 is 10.9 Å². The van der Waals surface area contributed by atoms with Crippen molar-refractivity contribution in [2.24, 2.45) is 5.14 Å². The molecule has 0 radical (unpaired) electrons. The van der Waals surface area contributed by atoms with Gasteiger partial charge in [-0.2, -0.15) is 0 Å². The molecule has 0 bridgehead atoms. The molecule has 1 aromatic rings. The van der Waals surface area contributed by atoms with Crippen LogP contribution in [-0.2, 0) is 10.0 Å². The lowest BCUT2D eigenvalue weighted by atomic mass is 10.2. The molecule has 1 rings (SSSR count). The lowest BCUT2D eigenvalue weighted by Gasteiger charge is -2.05. The number of sulfonamides is 1. The smallest absolute Gasteiger partial charge is 0.240 e. The first-order valence-electron chi connectivity index (χ1n) is 3.41. The molecule has 0 saturated heterocycles. The molecule has 0 saturated carbocycles. The second kappa shape index (κ2) is 3.43. The number of primary sulfonamides is 1. The number of aryl methyl sites for hydroxylation is 1. The molecule has 0 aliphatic rings. The summed E-state index contributed by atoms with van der Waals surface area (Å²) in [5.74, 6) is 0. The molecule has 6 heteroatoms. The maximum Gasteiger partial charge on any atom is 0.240 e. The van der Waals surface area contributed by atoms with Crippen LogP contribution in [0.4, 0.5) is 5.69 Å². The van der Waals surface area contributed by atoms with Crippen LogP contribution in [0.3, 0.4) is 0 Å². The zero-order chi connectivity index (χ0) is 10.2. The van der Waals surface area contributed by atoms with E-state index < -0.39 is 10.0 Å². The van der Waals surface area contributed by atoms with Crippen LogP contribution >= 0.6 is 22.6 Å². The molecule has 0 atom stereocenters. The highest BCUT2D eigenvalue weighted by Crippen LogP contribution is 2.22. The maximum absolute atomic E-state index is 11.0. The molecule has 4 N–H and O–H groups in total. The quantitative estimate of drug-likeness (QED) is 0.595. The molecule has 0 heterocycles. The summed E-state index contributed by atoms with van der Waals surface area (Å²) in [6.07, 6.45) is 0. The van der Waals surface area contributed by atoms with Crippen molar-refractivity contribution < 1.29 is 8.42 Å². The van der Waals surface area contributed by atoms with Gasteiger partial charge in [0.1, 0.15) is 4.90 Å². The minimum atomic E-state index is -3.70. The molecule has 72 valence electrons. The van der Waals surface area contributed by atoms with Gasteiger partial charge in [0.15, 0.2) is 0 Å². The van der Waals surface area contributed by atoms with E-state index in [0.717, 1.165) is 9.13 Å². The lowest BCUT2D eigenvalue weighted by Crippen LogP contribution is -2.14. The zero-order valence-electron chi connectivity index (χ0n) is 6.91. The normalized spacial score (nSPS) is 11.6. The third kappa shape index (κ3) is 2.32. The molecular formula is C7H9IN2O2S. The number of anilines is 1. The van der Waals surface area contributed by atoms with Crippen molar-refractivity contribution in [3.63, 3.8) is 0 Å². The second-order valence-electron chi connectivity index (χ2n) is 2.68. The Kier molecular flexibility index (Phi) is 2.83. The highest BCUT2D eigenvalue weighted by Gasteiger charge is 2.13. The summed E-state index contributed by atoms with van der Waals surface area (Å²) in [6, 6.07) is 3.07. The standard InChI is InChI=1S/C7H9IN2O2S/c1-4-2-6(9)7(3-5(4)8)13(10,11)12/h2-3H,9H2,1H3,(H2,10,11,12). The molecule has 0 aromatic heterocycles. The van der Waals surface area contributed by atoms with Crippen LogP contribution in [0, 0.1) is 10.5 Å². The number of halogens is 1. The molecule has 13 heavy (non-hydrogen) atoms. The maximum atomic E-state index is 11.0. The van der Waals surface area contributed by atoms with Crippen molar-refractivity contribution in [1.29, 1.82) is 0 Å². The van der Waals surface area contributed by atoms with Crippen LogP contribution in [-0.4, -0.2) is 8.42 Å². The van der Waals surface area contributed by atoms with Gasteiger partial charge in [-0.25, -0.2) is 13.6 Å². The molecule has 0 fully saturated rings. The van der Waals surface area contributed by atoms with Gasteiger partial charge in [0, 0.05) is 3.57 Å². The number of benzene rings is 1.